The third-order valence-corrected chi connectivity index (χ3v) is 16.4. The molecule has 1 saturated carbocycles. The number of aliphatic hydroxyl groups is 1. The van der Waals surface area contributed by atoms with E-state index in [1.807, 2.05) is 47.0 Å². The lowest BCUT2D eigenvalue weighted by atomic mass is 9.65. The van der Waals surface area contributed by atoms with Gasteiger partial charge in [-0.15, -0.1) is 0 Å². The van der Waals surface area contributed by atoms with Gasteiger partial charge in [0.2, 0.25) is 5.78 Å². The SMILES string of the molecule is CC(C)(C)[Si](C)(C)O[C@@H]1C(=O)[C@H]2CC=CC(=O)[C@@]2(O)C(=O)[C@H]1O[Si](C)(C)C(C)(C)C. The Morgan fingerprint density at radius 2 is 1.33 bits per heavy atom. The first-order valence-corrected chi connectivity index (χ1v) is 16.5. The van der Waals surface area contributed by atoms with E-state index in [0.717, 1.165) is 0 Å². The minimum Gasteiger partial charge on any atom is -0.404 e. The topological polar surface area (TPSA) is 89.9 Å². The zero-order chi connectivity index (χ0) is 23.5. The van der Waals surface area contributed by atoms with Gasteiger partial charge in [0, 0.05) is 0 Å². The van der Waals surface area contributed by atoms with Crippen molar-refractivity contribution in [2.24, 2.45) is 5.92 Å². The molecular weight excluding hydrogens is 416 g/mol. The van der Waals surface area contributed by atoms with Gasteiger partial charge in [0.05, 0.1) is 5.92 Å². The molecular formula is C22H38O6Si2. The van der Waals surface area contributed by atoms with Crippen molar-refractivity contribution in [3.05, 3.63) is 12.2 Å². The molecule has 170 valence electrons. The van der Waals surface area contributed by atoms with Gasteiger partial charge < -0.3 is 14.0 Å². The van der Waals surface area contributed by atoms with Gasteiger partial charge >= 0.3 is 0 Å². The van der Waals surface area contributed by atoms with Crippen LogP contribution in [0.3, 0.4) is 0 Å². The van der Waals surface area contributed by atoms with Crippen LogP contribution in [-0.4, -0.2) is 56.9 Å². The van der Waals surface area contributed by atoms with E-state index in [4.69, 9.17) is 8.85 Å². The Morgan fingerprint density at radius 3 is 1.77 bits per heavy atom. The first-order valence-electron chi connectivity index (χ1n) is 10.6. The Labute approximate surface area is 182 Å². The van der Waals surface area contributed by atoms with Gasteiger partial charge in [-0.05, 0) is 48.8 Å². The first-order chi connectivity index (χ1) is 13.3. The fraction of sp³-hybridized carbons (Fsp3) is 0.773. The van der Waals surface area contributed by atoms with Crippen LogP contribution in [-0.2, 0) is 23.2 Å². The summed E-state index contributed by atoms with van der Waals surface area (Å²) in [5.41, 5.74) is -2.37. The van der Waals surface area contributed by atoms with Crippen molar-refractivity contribution in [3.63, 3.8) is 0 Å². The minimum atomic E-state index is -2.52. The molecule has 30 heavy (non-hydrogen) atoms. The number of ketones is 3. The zero-order valence-electron chi connectivity index (χ0n) is 20.1. The second-order valence-electron chi connectivity index (χ2n) is 11.7. The minimum absolute atomic E-state index is 0.136. The quantitative estimate of drug-likeness (QED) is 0.513. The Morgan fingerprint density at radius 1 is 0.900 bits per heavy atom. The summed E-state index contributed by atoms with van der Waals surface area (Å²) in [6.45, 7) is 20.3. The van der Waals surface area contributed by atoms with Crippen LogP contribution in [0.15, 0.2) is 12.2 Å². The number of allylic oxidation sites excluding steroid dienone is 1. The normalized spacial score (nSPS) is 31.2. The smallest absolute Gasteiger partial charge is 0.203 e. The Bertz CT molecular complexity index is 771. The van der Waals surface area contributed by atoms with Gasteiger partial charge in [-0.2, -0.15) is 0 Å². The lowest BCUT2D eigenvalue weighted by molar-refractivity contribution is -0.179. The highest BCUT2D eigenvalue weighted by Gasteiger charge is 2.65. The van der Waals surface area contributed by atoms with Crippen molar-refractivity contribution in [1.29, 1.82) is 0 Å². The van der Waals surface area contributed by atoms with Crippen LogP contribution in [0.4, 0.5) is 0 Å². The van der Waals surface area contributed by atoms with Crippen molar-refractivity contribution >= 4 is 34.0 Å². The molecule has 1 fully saturated rings. The molecule has 0 aromatic rings. The number of hydrogen-bond acceptors (Lipinski definition) is 6. The van der Waals surface area contributed by atoms with Gasteiger partial charge in [-0.3, -0.25) is 14.4 Å². The van der Waals surface area contributed by atoms with E-state index >= 15 is 0 Å². The van der Waals surface area contributed by atoms with E-state index in [-0.39, 0.29) is 16.5 Å². The van der Waals surface area contributed by atoms with Gasteiger partial charge in [0.1, 0.15) is 12.2 Å². The van der Waals surface area contributed by atoms with E-state index in [0.29, 0.717) is 0 Å². The molecule has 0 aromatic heterocycles. The number of hydrogen-bond donors (Lipinski definition) is 1. The molecule has 6 nitrogen and oxygen atoms in total. The monoisotopic (exact) mass is 454 g/mol. The van der Waals surface area contributed by atoms with Crippen molar-refractivity contribution in [1.82, 2.24) is 0 Å². The van der Waals surface area contributed by atoms with Crippen LogP contribution >= 0.6 is 0 Å². The maximum Gasteiger partial charge on any atom is 0.203 e. The van der Waals surface area contributed by atoms with Gasteiger partial charge in [-0.1, -0.05) is 47.6 Å². The third-order valence-electron chi connectivity index (χ3n) is 7.51. The summed E-state index contributed by atoms with van der Waals surface area (Å²) in [5.74, 6) is -3.03. The molecule has 1 N–H and O–H groups in total. The summed E-state index contributed by atoms with van der Waals surface area (Å²) >= 11 is 0. The van der Waals surface area contributed by atoms with E-state index in [1.54, 1.807) is 6.08 Å². The molecule has 0 radical (unpaired) electrons. The summed E-state index contributed by atoms with van der Waals surface area (Å²) in [6, 6.07) is 0. The second kappa shape index (κ2) is 7.58. The lowest BCUT2D eigenvalue weighted by Gasteiger charge is -2.50. The molecule has 0 spiro atoms. The maximum atomic E-state index is 13.6. The fourth-order valence-electron chi connectivity index (χ4n) is 3.32. The molecule has 2 aliphatic carbocycles. The van der Waals surface area contributed by atoms with E-state index in [2.05, 4.69) is 20.8 Å². The molecule has 8 heteroatoms. The van der Waals surface area contributed by atoms with Crippen molar-refractivity contribution in [2.75, 3.05) is 0 Å². The third kappa shape index (κ3) is 4.09. The van der Waals surface area contributed by atoms with Crippen molar-refractivity contribution < 1.29 is 28.3 Å². The number of carbonyl (C=O) groups excluding carboxylic acids is 3. The molecule has 2 rings (SSSR count). The Hall–Kier alpha value is -0.936. The molecule has 0 aliphatic heterocycles. The number of Topliss-reactive ketones (excluding diaryl/α,β-unsaturated/α-hetero) is 2. The summed E-state index contributed by atoms with van der Waals surface area (Å²) in [5, 5.41) is 10.7. The predicted molar refractivity (Wildman–Crippen MR) is 121 cm³/mol. The standard InChI is InChI=1S/C22H38O6Si2/c1-20(2,3)29(7,8)27-17-16(24)14-12-11-13-15(23)22(14,26)19(25)18(17)28-30(9,10)21(4,5)6/h11,13-14,17-18,26H,12H2,1-10H3/t14-,17-,18+,22-/m1/s1. The second-order valence-corrected chi connectivity index (χ2v) is 21.2. The van der Waals surface area contributed by atoms with Crippen molar-refractivity contribution in [2.45, 2.75) is 102 Å². The molecule has 0 saturated heterocycles. The van der Waals surface area contributed by atoms with Gasteiger partial charge in [0.25, 0.3) is 0 Å². The van der Waals surface area contributed by atoms with Crippen LogP contribution in [0.25, 0.3) is 0 Å². The van der Waals surface area contributed by atoms with Gasteiger partial charge in [0.15, 0.2) is 33.8 Å². The van der Waals surface area contributed by atoms with Crippen LogP contribution in [0.5, 0.6) is 0 Å². The fourth-order valence-corrected chi connectivity index (χ4v) is 5.77. The first kappa shape index (κ1) is 25.3. The predicted octanol–water partition coefficient (Wildman–Crippen LogP) is 3.80. The number of carbonyl (C=O) groups is 3. The highest BCUT2D eigenvalue weighted by Crippen LogP contribution is 2.45. The average Bonchev–Trinajstić information content (AvgIpc) is 2.56. The highest BCUT2D eigenvalue weighted by atomic mass is 28.4. The number of rotatable bonds is 4. The van der Waals surface area contributed by atoms with Crippen LogP contribution in [0.2, 0.25) is 36.3 Å². The average molecular weight is 455 g/mol. The summed E-state index contributed by atoms with van der Waals surface area (Å²) in [7, 11) is -4.96. The maximum absolute atomic E-state index is 13.6. The summed E-state index contributed by atoms with van der Waals surface area (Å²) < 4.78 is 12.8. The largest absolute Gasteiger partial charge is 0.404 e. The van der Waals surface area contributed by atoms with Crippen LogP contribution < -0.4 is 0 Å². The molecule has 2 aliphatic rings. The van der Waals surface area contributed by atoms with Crippen molar-refractivity contribution in [3.8, 4) is 0 Å². The van der Waals surface area contributed by atoms with Crippen LogP contribution in [0.1, 0.15) is 48.0 Å². The zero-order valence-corrected chi connectivity index (χ0v) is 22.1. The molecule has 0 heterocycles. The van der Waals surface area contributed by atoms with Gasteiger partial charge in [-0.25, -0.2) is 0 Å². The van der Waals surface area contributed by atoms with E-state index in [1.165, 1.54) is 6.08 Å². The summed E-state index contributed by atoms with van der Waals surface area (Å²) in [6.07, 6.45) is 0.476. The summed E-state index contributed by atoms with van der Waals surface area (Å²) in [4.78, 5) is 39.7. The molecule has 0 amide bonds. The molecule has 0 aromatic carbocycles. The van der Waals surface area contributed by atoms with E-state index < -0.39 is 57.7 Å². The number of fused-ring (bicyclic) bond motifs is 1. The Kier molecular flexibility index (Phi) is 6.40. The highest BCUT2D eigenvalue weighted by molar-refractivity contribution is 6.75. The molecule has 4 atom stereocenters. The molecule has 0 unspecified atom stereocenters. The lowest BCUT2D eigenvalue weighted by Crippen LogP contribution is -2.71. The van der Waals surface area contributed by atoms with E-state index in [9.17, 15) is 19.5 Å². The molecule has 0 bridgehead atoms. The Balaban J connectivity index is 2.59. The van der Waals surface area contributed by atoms with Crippen LogP contribution in [0, 0.1) is 5.92 Å².